The Hall–Kier alpha value is -7.42. The van der Waals surface area contributed by atoms with E-state index in [2.05, 4.69) is 240 Å². The van der Waals surface area contributed by atoms with Crippen LogP contribution in [-0.4, -0.2) is 4.57 Å². The van der Waals surface area contributed by atoms with Crippen molar-refractivity contribution in [3.05, 3.63) is 231 Å². The zero-order valence-corrected chi connectivity index (χ0v) is 30.8. The van der Waals surface area contributed by atoms with Gasteiger partial charge in [-0.05, 0) is 87.5 Å². The summed E-state index contributed by atoms with van der Waals surface area (Å²) in [4.78, 5) is 2.41. The van der Waals surface area contributed by atoms with Gasteiger partial charge in [-0.2, -0.15) is 0 Å². The first-order chi connectivity index (χ1) is 27.8. The molecule has 1 aromatic heterocycles. The molecule has 0 aliphatic heterocycles. The SMILES string of the molecule is c1ccc(-c2ccccc2-c2ccc(N(c3ccccc3)c3cccc4c3c3ccccc3n4-c3ccccc3-c3ccccc3-c3ccccc3)cc2)cc1. The molecule has 264 valence electrons. The summed E-state index contributed by atoms with van der Waals surface area (Å²) in [5.41, 5.74) is 16.4. The topological polar surface area (TPSA) is 8.17 Å². The van der Waals surface area contributed by atoms with Crippen molar-refractivity contribution in [3.8, 4) is 50.2 Å². The van der Waals surface area contributed by atoms with E-state index in [-0.39, 0.29) is 0 Å². The molecule has 0 atom stereocenters. The van der Waals surface area contributed by atoms with Gasteiger partial charge in [-0.25, -0.2) is 0 Å². The van der Waals surface area contributed by atoms with Crippen LogP contribution in [0.1, 0.15) is 0 Å². The van der Waals surface area contributed by atoms with E-state index in [1.54, 1.807) is 0 Å². The fraction of sp³-hybridized carbons (Fsp3) is 0. The third-order valence-electron chi connectivity index (χ3n) is 10.8. The molecule has 0 amide bonds. The van der Waals surface area contributed by atoms with Crippen molar-refractivity contribution >= 4 is 38.9 Å². The summed E-state index contributed by atoms with van der Waals surface area (Å²) < 4.78 is 2.46. The number of para-hydroxylation sites is 3. The maximum atomic E-state index is 2.46. The first-order valence-corrected chi connectivity index (χ1v) is 19.2. The van der Waals surface area contributed by atoms with E-state index in [4.69, 9.17) is 0 Å². The van der Waals surface area contributed by atoms with Gasteiger partial charge in [0.2, 0.25) is 0 Å². The van der Waals surface area contributed by atoms with Crippen molar-refractivity contribution in [1.29, 1.82) is 0 Å². The minimum absolute atomic E-state index is 1.10. The van der Waals surface area contributed by atoms with Gasteiger partial charge < -0.3 is 9.47 Å². The molecule has 0 spiro atoms. The number of nitrogens with zero attached hydrogens (tertiary/aromatic N) is 2. The Bertz CT molecular complexity index is 2940. The summed E-state index contributed by atoms with van der Waals surface area (Å²) in [6.07, 6.45) is 0. The monoisotopic (exact) mass is 714 g/mol. The van der Waals surface area contributed by atoms with Crippen molar-refractivity contribution in [2.45, 2.75) is 0 Å². The van der Waals surface area contributed by atoms with Gasteiger partial charge in [0.1, 0.15) is 0 Å². The summed E-state index contributed by atoms with van der Waals surface area (Å²) in [6.45, 7) is 0. The first kappa shape index (κ1) is 33.2. The van der Waals surface area contributed by atoms with Crippen LogP contribution in [0.15, 0.2) is 231 Å². The van der Waals surface area contributed by atoms with Crippen molar-refractivity contribution in [2.75, 3.05) is 4.90 Å². The first-order valence-electron chi connectivity index (χ1n) is 19.2. The van der Waals surface area contributed by atoms with Crippen LogP contribution in [0.2, 0.25) is 0 Å². The average molecular weight is 715 g/mol. The van der Waals surface area contributed by atoms with Gasteiger partial charge in [0.25, 0.3) is 0 Å². The van der Waals surface area contributed by atoms with E-state index in [0.29, 0.717) is 0 Å². The quantitative estimate of drug-likeness (QED) is 0.152. The predicted molar refractivity (Wildman–Crippen MR) is 237 cm³/mol. The molecule has 9 aromatic carbocycles. The number of anilines is 3. The Morgan fingerprint density at radius 2 is 0.732 bits per heavy atom. The van der Waals surface area contributed by atoms with Crippen molar-refractivity contribution in [2.24, 2.45) is 0 Å². The average Bonchev–Trinajstić information content (AvgIpc) is 3.63. The van der Waals surface area contributed by atoms with E-state index in [9.17, 15) is 0 Å². The normalized spacial score (nSPS) is 11.2. The molecule has 0 radical (unpaired) electrons. The van der Waals surface area contributed by atoms with E-state index < -0.39 is 0 Å². The lowest BCUT2D eigenvalue weighted by atomic mass is 9.93. The number of fused-ring (bicyclic) bond motifs is 3. The minimum atomic E-state index is 1.10. The maximum Gasteiger partial charge on any atom is 0.0562 e. The Morgan fingerprint density at radius 3 is 1.38 bits per heavy atom. The smallest absolute Gasteiger partial charge is 0.0562 e. The molecule has 0 unspecified atom stereocenters. The highest BCUT2D eigenvalue weighted by molar-refractivity contribution is 6.17. The van der Waals surface area contributed by atoms with Gasteiger partial charge in [-0.3, -0.25) is 0 Å². The second-order valence-corrected chi connectivity index (χ2v) is 14.1. The van der Waals surface area contributed by atoms with Crippen LogP contribution in [0.5, 0.6) is 0 Å². The maximum absolute atomic E-state index is 2.46. The summed E-state index contributed by atoms with van der Waals surface area (Å²) in [5.74, 6) is 0. The molecule has 0 fully saturated rings. The molecule has 2 heteroatoms. The van der Waals surface area contributed by atoms with Crippen molar-refractivity contribution in [3.63, 3.8) is 0 Å². The minimum Gasteiger partial charge on any atom is -0.310 e. The highest BCUT2D eigenvalue weighted by atomic mass is 15.1. The molecule has 0 bridgehead atoms. The highest BCUT2D eigenvalue weighted by Gasteiger charge is 2.22. The van der Waals surface area contributed by atoms with Crippen LogP contribution in [0.4, 0.5) is 17.1 Å². The fourth-order valence-electron chi connectivity index (χ4n) is 8.33. The number of rotatable bonds is 8. The van der Waals surface area contributed by atoms with E-state index >= 15 is 0 Å². The molecule has 1 heterocycles. The predicted octanol–water partition coefficient (Wildman–Crippen LogP) is 14.9. The molecular formula is C54H38N2. The van der Waals surface area contributed by atoms with E-state index in [1.165, 1.54) is 60.8 Å². The Balaban J connectivity index is 1.16. The number of hydrogen-bond donors (Lipinski definition) is 0. The van der Waals surface area contributed by atoms with Crippen LogP contribution < -0.4 is 4.90 Å². The molecule has 0 saturated carbocycles. The van der Waals surface area contributed by atoms with Gasteiger partial charge in [0.15, 0.2) is 0 Å². The zero-order valence-electron chi connectivity index (χ0n) is 30.8. The summed E-state index contributed by atoms with van der Waals surface area (Å²) in [7, 11) is 0. The van der Waals surface area contributed by atoms with E-state index in [0.717, 1.165) is 28.3 Å². The lowest BCUT2D eigenvalue weighted by molar-refractivity contribution is 1.18. The Labute approximate surface area is 327 Å². The van der Waals surface area contributed by atoms with Gasteiger partial charge in [-0.1, -0.05) is 182 Å². The van der Waals surface area contributed by atoms with Crippen LogP contribution in [-0.2, 0) is 0 Å². The lowest BCUT2D eigenvalue weighted by Gasteiger charge is -2.27. The van der Waals surface area contributed by atoms with Gasteiger partial charge in [0.05, 0.1) is 22.4 Å². The molecule has 56 heavy (non-hydrogen) atoms. The third kappa shape index (κ3) is 5.85. The lowest BCUT2D eigenvalue weighted by Crippen LogP contribution is -2.10. The Morgan fingerprint density at radius 1 is 0.286 bits per heavy atom. The standard InChI is InChI=1S/C54H38N2/c1-4-19-39(20-5-1)44-25-10-11-26-45(44)41-35-37-43(38-36-41)55(42-23-8-3-9-24-42)52-33-18-34-53-54(52)49-30-15-17-32-51(49)56(53)50-31-16-14-29-48(50)47-28-13-12-27-46(47)40-21-6-2-7-22-40/h1-38H. The number of hydrogen-bond acceptors (Lipinski definition) is 1. The second kappa shape index (κ2) is 14.4. The summed E-state index contributed by atoms with van der Waals surface area (Å²) in [6, 6.07) is 82.9. The molecule has 0 aliphatic rings. The summed E-state index contributed by atoms with van der Waals surface area (Å²) in [5, 5.41) is 2.41. The molecule has 0 aliphatic carbocycles. The molecular weight excluding hydrogens is 677 g/mol. The van der Waals surface area contributed by atoms with Crippen LogP contribution >= 0.6 is 0 Å². The second-order valence-electron chi connectivity index (χ2n) is 14.1. The highest BCUT2D eigenvalue weighted by Crippen LogP contribution is 2.46. The molecule has 10 aromatic rings. The largest absolute Gasteiger partial charge is 0.310 e. The summed E-state index contributed by atoms with van der Waals surface area (Å²) >= 11 is 0. The van der Waals surface area contributed by atoms with Crippen molar-refractivity contribution < 1.29 is 0 Å². The zero-order chi connectivity index (χ0) is 37.3. The van der Waals surface area contributed by atoms with Gasteiger partial charge in [0, 0.05) is 27.7 Å². The van der Waals surface area contributed by atoms with Crippen molar-refractivity contribution in [1.82, 2.24) is 4.57 Å². The molecule has 0 N–H and O–H groups in total. The number of benzene rings is 9. The number of aromatic nitrogens is 1. The van der Waals surface area contributed by atoms with Gasteiger partial charge in [-0.15, -0.1) is 0 Å². The van der Waals surface area contributed by atoms with Crippen LogP contribution in [0.3, 0.4) is 0 Å². The third-order valence-corrected chi connectivity index (χ3v) is 10.8. The van der Waals surface area contributed by atoms with Crippen LogP contribution in [0.25, 0.3) is 72.0 Å². The molecule has 2 nitrogen and oxygen atoms in total. The van der Waals surface area contributed by atoms with Gasteiger partial charge >= 0.3 is 0 Å². The van der Waals surface area contributed by atoms with E-state index in [1.807, 2.05) is 0 Å². The fourth-order valence-corrected chi connectivity index (χ4v) is 8.33. The van der Waals surface area contributed by atoms with Crippen LogP contribution in [0, 0.1) is 0 Å². The molecule has 0 saturated heterocycles. The molecule has 10 rings (SSSR count). The Kier molecular flexibility index (Phi) is 8.55.